The summed E-state index contributed by atoms with van der Waals surface area (Å²) in [4.78, 5) is 24.3. The van der Waals surface area contributed by atoms with Crippen LogP contribution in [-0.4, -0.2) is 46.7 Å². The predicted octanol–water partition coefficient (Wildman–Crippen LogP) is 1.83. The number of alkyl halides is 3. The van der Waals surface area contributed by atoms with Crippen LogP contribution in [0.1, 0.15) is 27.3 Å². The third kappa shape index (κ3) is 4.27. The topological polar surface area (TPSA) is 90.1 Å². The van der Waals surface area contributed by atoms with Crippen LogP contribution in [0, 0.1) is 0 Å². The molecule has 0 atom stereocenters. The number of fused-ring (bicyclic) bond motifs is 1. The van der Waals surface area contributed by atoms with E-state index in [1.165, 1.54) is 6.07 Å². The molecule has 0 aliphatic carbocycles. The molecule has 0 bridgehead atoms. The molecule has 1 aromatic carbocycles. The van der Waals surface area contributed by atoms with Crippen LogP contribution in [0.15, 0.2) is 24.3 Å². The number of aromatic nitrogens is 2. The lowest BCUT2D eigenvalue weighted by atomic mass is 10.1. The maximum absolute atomic E-state index is 12.5. The number of hydrogen-bond acceptors (Lipinski definition) is 4. The predicted molar refractivity (Wildman–Crippen MR) is 90.9 cm³/mol. The molecule has 7 nitrogen and oxygen atoms in total. The fourth-order valence-corrected chi connectivity index (χ4v) is 2.91. The van der Waals surface area contributed by atoms with E-state index in [1.807, 2.05) is 0 Å². The molecule has 0 fully saturated rings. The Kier molecular flexibility index (Phi) is 5.17. The zero-order chi connectivity index (χ0) is 19.6. The van der Waals surface area contributed by atoms with Crippen molar-refractivity contribution in [3.05, 3.63) is 46.8 Å². The lowest BCUT2D eigenvalue weighted by Gasteiger charge is -2.19. The van der Waals surface area contributed by atoms with E-state index in [-0.39, 0.29) is 12.2 Å². The Morgan fingerprint density at radius 1 is 1.33 bits per heavy atom. The number of carbonyl (C=O) groups excluding carboxylic acids is 2. The van der Waals surface area contributed by atoms with Gasteiger partial charge in [-0.25, -0.2) is 0 Å². The van der Waals surface area contributed by atoms with Gasteiger partial charge in [-0.2, -0.15) is 18.3 Å². The minimum atomic E-state index is -4.92. The molecule has 0 saturated carbocycles. The molecule has 1 aliphatic heterocycles. The Morgan fingerprint density at radius 3 is 2.85 bits per heavy atom. The lowest BCUT2D eigenvalue weighted by molar-refractivity contribution is -0.184. The highest BCUT2D eigenvalue weighted by Gasteiger charge is 2.41. The van der Waals surface area contributed by atoms with Gasteiger partial charge in [0.2, 0.25) is 0 Å². The quantitative estimate of drug-likeness (QED) is 0.754. The standard InChI is InChI=1S/C17H18F3N5O2/c1-25(16(27)17(18,19)20)9-10-3-2-4-11(7-10)22-15(26)14-12-8-21-6-5-13(12)23-24-14/h2-4,7,21H,5-6,8-9H2,1H3,(H,22,26)(H,23,24). The van der Waals surface area contributed by atoms with Crippen molar-refractivity contribution in [3.63, 3.8) is 0 Å². The summed E-state index contributed by atoms with van der Waals surface area (Å²) in [5, 5.41) is 12.8. The van der Waals surface area contributed by atoms with E-state index in [0.717, 1.165) is 31.3 Å². The maximum Gasteiger partial charge on any atom is 0.471 e. The molecule has 0 unspecified atom stereocenters. The molecule has 0 spiro atoms. The summed E-state index contributed by atoms with van der Waals surface area (Å²) >= 11 is 0. The molecule has 0 radical (unpaired) electrons. The van der Waals surface area contributed by atoms with E-state index in [4.69, 9.17) is 0 Å². The highest BCUT2D eigenvalue weighted by Crippen LogP contribution is 2.21. The Hall–Kier alpha value is -2.88. The molecule has 3 rings (SSSR count). The van der Waals surface area contributed by atoms with Gasteiger partial charge < -0.3 is 15.5 Å². The van der Waals surface area contributed by atoms with E-state index in [1.54, 1.807) is 18.2 Å². The number of nitrogens with zero attached hydrogens (tertiary/aromatic N) is 2. The second-order valence-electron chi connectivity index (χ2n) is 6.27. The van der Waals surface area contributed by atoms with Crippen molar-refractivity contribution in [2.45, 2.75) is 25.7 Å². The first-order chi connectivity index (χ1) is 12.8. The summed E-state index contributed by atoms with van der Waals surface area (Å²) in [5.41, 5.74) is 2.88. The van der Waals surface area contributed by atoms with E-state index in [0.29, 0.717) is 22.7 Å². The molecule has 3 N–H and O–H groups in total. The Balaban J connectivity index is 1.70. The van der Waals surface area contributed by atoms with Gasteiger partial charge in [0.25, 0.3) is 5.91 Å². The summed E-state index contributed by atoms with van der Waals surface area (Å²) in [5.74, 6) is -2.33. The van der Waals surface area contributed by atoms with E-state index < -0.39 is 18.0 Å². The molecular weight excluding hydrogens is 363 g/mol. The van der Waals surface area contributed by atoms with Gasteiger partial charge in [0.15, 0.2) is 5.69 Å². The van der Waals surface area contributed by atoms with Gasteiger partial charge in [0, 0.05) is 50.0 Å². The van der Waals surface area contributed by atoms with Crippen LogP contribution in [0.3, 0.4) is 0 Å². The highest BCUT2D eigenvalue weighted by atomic mass is 19.4. The first kappa shape index (κ1) is 18.9. The second-order valence-corrected chi connectivity index (χ2v) is 6.27. The number of benzene rings is 1. The van der Waals surface area contributed by atoms with Gasteiger partial charge in [-0.05, 0) is 17.7 Å². The van der Waals surface area contributed by atoms with Gasteiger partial charge in [-0.1, -0.05) is 12.1 Å². The van der Waals surface area contributed by atoms with Gasteiger partial charge in [-0.15, -0.1) is 0 Å². The smallest absolute Gasteiger partial charge is 0.334 e. The largest absolute Gasteiger partial charge is 0.471 e. The van der Waals surface area contributed by atoms with Gasteiger partial charge in [-0.3, -0.25) is 14.7 Å². The van der Waals surface area contributed by atoms with Crippen LogP contribution < -0.4 is 10.6 Å². The Labute approximate surface area is 152 Å². The van der Waals surface area contributed by atoms with Crippen LogP contribution in [-0.2, 0) is 24.3 Å². The number of amides is 2. The van der Waals surface area contributed by atoms with Crippen molar-refractivity contribution in [1.82, 2.24) is 20.4 Å². The molecule has 1 aliphatic rings. The molecule has 0 saturated heterocycles. The van der Waals surface area contributed by atoms with Crippen LogP contribution in [0.5, 0.6) is 0 Å². The van der Waals surface area contributed by atoms with E-state index in [2.05, 4.69) is 20.8 Å². The van der Waals surface area contributed by atoms with Crippen LogP contribution in [0.25, 0.3) is 0 Å². The number of H-pyrrole nitrogens is 1. The minimum Gasteiger partial charge on any atom is -0.334 e. The van der Waals surface area contributed by atoms with Crippen molar-refractivity contribution in [2.24, 2.45) is 0 Å². The lowest BCUT2D eigenvalue weighted by Crippen LogP contribution is -2.37. The van der Waals surface area contributed by atoms with Gasteiger partial charge in [0.1, 0.15) is 0 Å². The summed E-state index contributed by atoms with van der Waals surface area (Å²) < 4.78 is 37.5. The van der Waals surface area contributed by atoms with Crippen LogP contribution >= 0.6 is 0 Å². The van der Waals surface area contributed by atoms with Crippen molar-refractivity contribution >= 4 is 17.5 Å². The number of anilines is 1. The summed E-state index contributed by atoms with van der Waals surface area (Å²) in [6.07, 6.45) is -4.17. The van der Waals surface area contributed by atoms with Crippen LogP contribution in [0.4, 0.5) is 18.9 Å². The molecule has 144 valence electrons. The van der Waals surface area contributed by atoms with Gasteiger partial charge in [0.05, 0.1) is 0 Å². The fourth-order valence-electron chi connectivity index (χ4n) is 2.91. The first-order valence-corrected chi connectivity index (χ1v) is 8.25. The molecule has 2 aromatic rings. The average Bonchev–Trinajstić information content (AvgIpc) is 3.04. The number of rotatable bonds is 4. The first-order valence-electron chi connectivity index (χ1n) is 8.25. The zero-order valence-electron chi connectivity index (χ0n) is 14.5. The minimum absolute atomic E-state index is 0.232. The van der Waals surface area contributed by atoms with Crippen molar-refractivity contribution in [3.8, 4) is 0 Å². The average molecular weight is 381 g/mol. The number of halogens is 3. The molecule has 27 heavy (non-hydrogen) atoms. The highest BCUT2D eigenvalue weighted by molar-refractivity contribution is 6.04. The van der Waals surface area contributed by atoms with E-state index in [9.17, 15) is 22.8 Å². The molecule has 1 aromatic heterocycles. The molecule has 2 amide bonds. The molecule has 10 heteroatoms. The normalized spacial score (nSPS) is 13.8. The third-order valence-electron chi connectivity index (χ3n) is 4.22. The summed E-state index contributed by atoms with van der Waals surface area (Å²) in [7, 11) is 1.07. The van der Waals surface area contributed by atoms with Crippen LogP contribution in [0.2, 0.25) is 0 Å². The summed E-state index contributed by atoms with van der Waals surface area (Å²) in [6, 6.07) is 6.31. The third-order valence-corrected chi connectivity index (χ3v) is 4.22. The molecular formula is C17H18F3N5O2. The van der Waals surface area contributed by atoms with Crippen molar-refractivity contribution in [1.29, 1.82) is 0 Å². The number of carbonyl (C=O) groups is 2. The second kappa shape index (κ2) is 7.39. The Morgan fingerprint density at radius 2 is 2.11 bits per heavy atom. The SMILES string of the molecule is CN(Cc1cccc(NC(=O)c2n[nH]c3c2CNCC3)c1)C(=O)C(F)(F)F. The zero-order valence-corrected chi connectivity index (χ0v) is 14.5. The number of hydrogen-bond donors (Lipinski definition) is 3. The number of aromatic amines is 1. The van der Waals surface area contributed by atoms with Crippen molar-refractivity contribution < 1.29 is 22.8 Å². The van der Waals surface area contributed by atoms with Gasteiger partial charge >= 0.3 is 12.1 Å². The van der Waals surface area contributed by atoms with E-state index >= 15 is 0 Å². The Bertz CT molecular complexity index is 862. The maximum atomic E-state index is 12.5. The van der Waals surface area contributed by atoms with Crippen molar-refractivity contribution in [2.75, 3.05) is 18.9 Å². The monoisotopic (exact) mass is 381 g/mol. The molecule has 2 heterocycles. The summed E-state index contributed by atoms with van der Waals surface area (Å²) in [6.45, 7) is 1.12. The fraction of sp³-hybridized carbons (Fsp3) is 0.353. The number of nitrogens with one attached hydrogen (secondary N) is 3.